The second kappa shape index (κ2) is 11.9. The Kier molecular flexibility index (Phi) is 9.32. The summed E-state index contributed by atoms with van der Waals surface area (Å²) >= 11 is 0. The largest absolute Gasteiger partial charge is 0.463 e. The number of nitrogens with zero attached hydrogens (tertiary/aromatic N) is 1. The summed E-state index contributed by atoms with van der Waals surface area (Å²) in [5.41, 5.74) is 0.493. The molecular weight excluding hydrogens is 438 g/mol. The van der Waals surface area contributed by atoms with Crippen LogP contribution in [0, 0.1) is 11.3 Å². The quantitative estimate of drug-likeness (QED) is 0.406. The monoisotopic (exact) mass is 463 g/mol. The molecule has 0 spiro atoms. The third-order valence-electron chi connectivity index (χ3n) is 4.44. The van der Waals surface area contributed by atoms with Gasteiger partial charge in [0, 0.05) is 27.7 Å². The van der Waals surface area contributed by atoms with E-state index in [0.29, 0.717) is 5.56 Å². The van der Waals surface area contributed by atoms with Crippen LogP contribution in [0.4, 0.5) is 0 Å². The zero-order chi connectivity index (χ0) is 24.5. The van der Waals surface area contributed by atoms with Gasteiger partial charge in [0.2, 0.25) is 6.29 Å². The van der Waals surface area contributed by atoms with E-state index in [1.54, 1.807) is 30.3 Å². The zero-order valence-electron chi connectivity index (χ0n) is 18.6. The van der Waals surface area contributed by atoms with Gasteiger partial charge < -0.3 is 28.4 Å². The fourth-order valence-corrected chi connectivity index (χ4v) is 3.24. The van der Waals surface area contributed by atoms with Gasteiger partial charge in [0.05, 0.1) is 6.07 Å². The molecule has 6 atom stereocenters. The molecule has 0 amide bonds. The summed E-state index contributed by atoms with van der Waals surface area (Å²) in [5.74, 6) is -2.90. The Morgan fingerprint density at radius 2 is 1.42 bits per heavy atom. The van der Waals surface area contributed by atoms with Crippen molar-refractivity contribution in [1.29, 1.82) is 5.26 Å². The summed E-state index contributed by atoms with van der Waals surface area (Å²) in [6.45, 7) is 4.14. The Morgan fingerprint density at radius 1 is 0.879 bits per heavy atom. The summed E-state index contributed by atoms with van der Waals surface area (Å²) < 4.78 is 32.6. The van der Waals surface area contributed by atoms with Crippen molar-refractivity contribution in [3.63, 3.8) is 0 Å². The average Bonchev–Trinajstić information content (AvgIpc) is 2.74. The zero-order valence-corrected chi connectivity index (χ0v) is 18.6. The molecule has 1 heterocycles. The molecule has 0 aromatic heterocycles. The van der Waals surface area contributed by atoms with Crippen LogP contribution in [0.15, 0.2) is 30.3 Å². The third kappa shape index (κ3) is 7.55. The van der Waals surface area contributed by atoms with E-state index in [1.807, 2.05) is 6.07 Å². The lowest BCUT2D eigenvalue weighted by Crippen LogP contribution is -2.63. The smallest absolute Gasteiger partial charge is 0.303 e. The van der Waals surface area contributed by atoms with E-state index in [1.165, 1.54) is 6.92 Å². The molecule has 0 radical (unpaired) electrons. The van der Waals surface area contributed by atoms with Crippen molar-refractivity contribution >= 4 is 23.9 Å². The Bertz CT molecular complexity index is 896. The van der Waals surface area contributed by atoms with E-state index in [2.05, 4.69) is 0 Å². The van der Waals surface area contributed by atoms with Crippen LogP contribution in [0.3, 0.4) is 0 Å². The van der Waals surface area contributed by atoms with Gasteiger partial charge in [-0.05, 0) is 5.56 Å². The van der Waals surface area contributed by atoms with Gasteiger partial charge in [0.25, 0.3) is 0 Å². The molecule has 1 aromatic rings. The molecule has 1 saturated heterocycles. The fourth-order valence-electron chi connectivity index (χ4n) is 3.24. The van der Waals surface area contributed by atoms with Gasteiger partial charge in [-0.3, -0.25) is 19.2 Å². The second-order valence-corrected chi connectivity index (χ2v) is 7.12. The molecule has 2 rings (SSSR count). The Labute approximate surface area is 190 Å². The highest BCUT2D eigenvalue weighted by Gasteiger charge is 2.53. The van der Waals surface area contributed by atoms with Gasteiger partial charge in [0.15, 0.2) is 24.4 Å². The van der Waals surface area contributed by atoms with Crippen LogP contribution in [-0.2, 0) is 47.6 Å². The number of nitriles is 1. The van der Waals surface area contributed by atoms with Crippen LogP contribution in [0.2, 0.25) is 0 Å². The van der Waals surface area contributed by atoms with E-state index in [9.17, 15) is 24.4 Å². The first-order valence-corrected chi connectivity index (χ1v) is 10.0. The van der Waals surface area contributed by atoms with Crippen molar-refractivity contribution in [1.82, 2.24) is 0 Å². The van der Waals surface area contributed by atoms with Gasteiger partial charge in [-0.1, -0.05) is 30.3 Å². The van der Waals surface area contributed by atoms with Gasteiger partial charge in [-0.2, -0.15) is 5.26 Å². The van der Waals surface area contributed by atoms with Crippen LogP contribution in [0.1, 0.15) is 39.4 Å². The van der Waals surface area contributed by atoms with Crippen LogP contribution >= 0.6 is 0 Å². The summed E-state index contributed by atoms with van der Waals surface area (Å²) in [5, 5.41) is 9.64. The summed E-state index contributed by atoms with van der Waals surface area (Å²) in [4.78, 5) is 46.8. The van der Waals surface area contributed by atoms with Crippen LogP contribution < -0.4 is 0 Å². The SMILES string of the molecule is CC(=O)OC[C@H]1O[C@@H](O[C@@H](C#N)c2ccccc2)[C@H](OC(C)=O)[C@@H](OC(C)=O)[C@@H]1OC(C)=O. The van der Waals surface area contributed by atoms with Gasteiger partial charge >= 0.3 is 23.9 Å². The molecule has 33 heavy (non-hydrogen) atoms. The summed E-state index contributed by atoms with van der Waals surface area (Å²) in [7, 11) is 0. The van der Waals surface area contributed by atoms with Crippen molar-refractivity contribution in [2.24, 2.45) is 0 Å². The maximum Gasteiger partial charge on any atom is 0.303 e. The molecule has 11 nitrogen and oxygen atoms in total. The Morgan fingerprint density at radius 3 is 1.94 bits per heavy atom. The van der Waals surface area contributed by atoms with E-state index in [4.69, 9.17) is 28.4 Å². The van der Waals surface area contributed by atoms with Crippen LogP contribution in [0.25, 0.3) is 0 Å². The number of ether oxygens (including phenoxy) is 6. The lowest BCUT2D eigenvalue weighted by molar-refractivity contribution is -0.314. The van der Waals surface area contributed by atoms with Crippen LogP contribution in [0.5, 0.6) is 0 Å². The molecule has 0 saturated carbocycles. The molecular formula is C22H25NO10. The lowest BCUT2D eigenvalue weighted by Gasteiger charge is -2.44. The number of benzene rings is 1. The minimum absolute atomic E-state index is 0.389. The second-order valence-electron chi connectivity index (χ2n) is 7.12. The predicted molar refractivity (Wildman–Crippen MR) is 108 cm³/mol. The number of rotatable bonds is 8. The van der Waals surface area contributed by atoms with E-state index >= 15 is 0 Å². The topological polar surface area (TPSA) is 147 Å². The average molecular weight is 463 g/mol. The molecule has 0 bridgehead atoms. The number of esters is 4. The molecule has 1 aliphatic heterocycles. The van der Waals surface area contributed by atoms with Crippen molar-refractivity contribution in [3.8, 4) is 6.07 Å². The minimum Gasteiger partial charge on any atom is -0.463 e. The first-order valence-electron chi connectivity index (χ1n) is 10.0. The van der Waals surface area contributed by atoms with E-state index in [-0.39, 0.29) is 6.61 Å². The molecule has 0 aliphatic carbocycles. The predicted octanol–water partition coefficient (Wildman–Crippen LogP) is 1.35. The molecule has 11 heteroatoms. The van der Waals surface area contributed by atoms with Gasteiger partial charge in [-0.25, -0.2) is 0 Å². The lowest BCUT2D eigenvalue weighted by atomic mass is 9.98. The number of carbonyl (C=O) groups is 4. The van der Waals surface area contributed by atoms with E-state index < -0.39 is 60.7 Å². The number of hydrogen-bond donors (Lipinski definition) is 0. The number of hydrogen-bond acceptors (Lipinski definition) is 11. The van der Waals surface area contributed by atoms with Crippen molar-refractivity contribution < 1.29 is 47.6 Å². The van der Waals surface area contributed by atoms with Crippen molar-refractivity contribution in [2.75, 3.05) is 6.61 Å². The third-order valence-corrected chi connectivity index (χ3v) is 4.44. The summed E-state index contributed by atoms with van der Waals surface area (Å²) in [6.07, 6.45) is -7.81. The van der Waals surface area contributed by atoms with Crippen LogP contribution in [-0.4, -0.2) is 61.2 Å². The van der Waals surface area contributed by atoms with Gasteiger partial charge in [0.1, 0.15) is 12.7 Å². The fraction of sp³-hybridized carbons (Fsp3) is 0.500. The first-order chi connectivity index (χ1) is 15.6. The Balaban J connectivity index is 2.46. The van der Waals surface area contributed by atoms with Crippen molar-refractivity contribution in [2.45, 2.75) is 64.5 Å². The highest BCUT2D eigenvalue weighted by Crippen LogP contribution is 2.32. The highest BCUT2D eigenvalue weighted by molar-refractivity contribution is 5.68. The molecule has 1 fully saturated rings. The standard InChI is InChI=1S/C22H25NO10/c1-12(24)28-11-18-19(29-13(2)25)20(30-14(3)26)21(31-15(4)27)22(33-18)32-17(10-23)16-8-6-5-7-9-16/h5-9,17-22H,11H2,1-4H3/t17-,18+,19+,20-,21+,22+/m0/s1. The maximum atomic E-state index is 11.8. The molecule has 1 aromatic carbocycles. The molecule has 0 N–H and O–H groups in total. The normalized spacial score (nSPS) is 25.1. The highest BCUT2D eigenvalue weighted by atomic mass is 16.7. The Hall–Kier alpha value is -3.49. The maximum absolute atomic E-state index is 11.8. The minimum atomic E-state index is -1.43. The molecule has 1 aliphatic rings. The van der Waals surface area contributed by atoms with E-state index in [0.717, 1.165) is 20.8 Å². The molecule has 0 unspecified atom stereocenters. The first kappa shape index (κ1) is 25.8. The van der Waals surface area contributed by atoms with Crippen molar-refractivity contribution in [3.05, 3.63) is 35.9 Å². The van der Waals surface area contributed by atoms with Gasteiger partial charge in [-0.15, -0.1) is 0 Å². The number of carbonyl (C=O) groups excluding carboxylic acids is 4. The molecule has 178 valence electrons. The summed E-state index contributed by atoms with van der Waals surface area (Å²) in [6, 6.07) is 10.5.